The maximum atomic E-state index is 12.7. The molecule has 0 radical (unpaired) electrons. The standard InChI is InChI=1S/C12H10ClFN2O/c1-17-12-7-10(13)15-11(16-12)6-8-2-4-9(14)5-3-8/h2-5,7H,6H2,1H3. The highest BCUT2D eigenvalue weighted by atomic mass is 35.5. The summed E-state index contributed by atoms with van der Waals surface area (Å²) in [6, 6.07) is 7.71. The van der Waals surface area contributed by atoms with E-state index in [0.29, 0.717) is 23.3 Å². The molecule has 1 aromatic heterocycles. The molecule has 0 bridgehead atoms. The Morgan fingerprint density at radius 2 is 1.94 bits per heavy atom. The van der Waals surface area contributed by atoms with Crippen LogP contribution in [0.15, 0.2) is 30.3 Å². The zero-order valence-corrected chi connectivity index (χ0v) is 9.91. The van der Waals surface area contributed by atoms with Gasteiger partial charge in [0.1, 0.15) is 16.8 Å². The Bertz CT molecular complexity index is 516. The van der Waals surface area contributed by atoms with Crippen LogP contribution in [-0.4, -0.2) is 17.1 Å². The molecule has 1 heterocycles. The summed E-state index contributed by atoms with van der Waals surface area (Å²) in [4.78, 5) is 8.24. The molecule has 1 aromatic carbocycles. The van der Waals surface area contributed by atoms with E-state index in [-0.39, 0.29) is 5.82 Å². The number of rotatable bonds is 3. The van der Waals surface area contributed by atoms with Crippen molar-refractivity contribution in [2.75, 3.05) is 7.11 Å². The minimum absolute atomic E-state index is 0.265. The van der Waals surface area contributed by atoms with Crippen LogP contribution in [0.3, 0.4) is 0 Å². The molecule has 0 aliphatic carbocycles. The fourth-order valence-corrected chi connectivity index (χ4v) is 1.60. The van der Waals surface area contributed by atoms with E-state index in [2.05, 4.69) is 9.97 Å². The highest BCUT2D eigenvalue weighted by Crippen LogP contribution is 2.15. The molecule has 0 aliphatic rings. The van der Waals surface area contributed by atoms with Crippen molar-refractivity contribution in [2.45, 2.75) is 6.42 Å². The van der Waals surface area contributed by atoms with E-state index >= 15 is 0 Å². The molecule has 0 unspecified atom stereocenters. The lowest BCUT2D eigenvalue weighted by molar-refractivity contribution is 0.395. The number of hydrogen-bond acceptors (Lipinski definition) is 3. The normalized spacial score (nSPS) is 10.3. The van der Waals surface area contributed by atoms with Crippen molar-refractivity contribution in [3.8, 4) is 5.88 Å². The van der Waals surface area contributed by atoms with Gasteiger partial charge in [-0.25, -0.2) is 9.37 Å². The Morgan fingerprint density at radius 3 is 2.59 bits per heavy atom. The number of aromatic nitrogens is 2. The second-order valence-corrected chi connectivity index (χ2v) is 3.84. The van der Waals surface area contributed by atoms with Gasteiger partial charge in [-0.15, -0.1) is 0 Å². The first-order valence-corrected chi connectivity index (χ1v) is 5.37. The van der Waals surface area contributed by atoms with Gasteiger partial charge in [0.05, 0.1) is 7.11 Å². The largest absolute Gasteiger partial charge is 0.481 e. The second-order valence-electron chi connectivity index (χ2n) is 3.45. The summed E-state index contributed by atoms with van der Waals surface area (Å²) >= 11 is 5.83. The van der Waals surface area contributed by atoms with Crippen molar-refractivity contribution in [3.63, 3.8) is 0 Å². The first-order chi connectivity index (χ1) is 8.17. The molecule has 2 rings (SSSR count). The van der Waals surface area contributed by atoms with Gasteiger partial charge in [0.25, 0.3) is 0 Å². The predicted molar refractivity (Wildman–Crippen MR) is 62.8 cm³/mol. The Hall–Kier alpha value is -1.68. The van der Waals surface area contributed by atoms with Crippen LogP contribution in [0.4, 0.5) is 4.39 Å². The zero-order chi connectivity index (χ0) is 12.3. The molecule has 0 fully saturated rings. The second kappa shape index (κ2) is 5.10. The Morgan fingerprint density at radius 1 is 1.24 bits per heavy atom. The lowest BCUT2D eigenvalue weighted by Crippen LogP contribution is -1.99. The van der Waals surface area contributed by atoms with E-state index in [0.717, 1.165) is 5.56 Å². The van der Waals surface area contributed by atoms with Gasteiger partial charge < -0.3 is 4.74 Å². The molecule has 3 nitrogen and oxygen atoms in total. The zero-order valence-electron chi connectivity index (χ0n) is 9.15. The predicted octanol–water partition coefficient (Wildman–Crippen LogP) is 2.87. The molecule has 0 saturated carbocycles. The minimum atomic E-state index is -0.265. The number of hydrogen-bond donors (Lipinski definition) is 0. The van der Waals surface area contributed by atoms with Crippen LogP contribution >= 0.6 is 11.6 Å². The van der Waals surface area contributed by atoms with Gasteiger partial charge in [-0.05, 0) is 17.7 Å². The summed E-state index contributed by atoms with van der Waals surface area (Å²) in [5.41, 5.74) is 0.913. The average molecular weight is 253 g/mol. The molecule has 5 heteroatoms. The van der Waals surface area contributed by atoms with Crippen molar-refractivity contribution in [3.05, 3.63) is 52.7 Å². The van der Waals surface area contributed by atoms with Gasteiger partial charge in [-0.1, -0.05) is 23.7 Å². The van der Waals surface area contributed by atoms with Gasteiger partial charge in [0, 0.05) is 12.5 Å². The Balaban J connectivity index is 2.23. The van der Waals surface area contributed by atoms with E-state index in [1.165, 1.54) is 25.3 Å². The van der Waals surface area contributed by atoms with E-state index in [1.807, 2.05) is 0 Å². The maximum absolute atomic E-state index is 12.7. The molecular formula is C12H10ClFN2O. The van der Waals surface area contributed by atoms with Crippen molar-refractivity contribution in [1.82, 2.24) is 9.97 Å². The first-order valence-electron chi connectivity index (χ1n) is 4.99. The summed E-state index contributed by atoms with van der Waals surface area (Å²) in [5.74, 6) is 0.696. The van der Waals surface area contributed by atoms with Crippen molar-refractivity contribution in [1.29, 1.82) is 0 Å². The van der Waals surface area contributed by atoms with Gasteiger partial charge >= 0.3 is 0 Å². The molecule has 0 atom stereocenters. The van der Waals surface area contributed by atoms with Gasteiger partial charge in [-0.3, -0.25) is 0 Å². The Labute approximate surface area is 103 Å². The number of halogens is 2. The molecular weight excluding hydrogens is 243 g/mol. The van der Waals surface area contributed by atoms with Crippen LogP contribution in [0.25, 0.3) is 0 Å². The lowest BCUT2D eigenvalue weighted by atomic mass is 10.1. The molecule has 17 heavy (non-hydrogen) atoms. The summed E-state index contributed by atoms with van der Waals surface area (Å²) < 4.78 is 17.7. The third kappa shape index (κ3) is 3.14. The average Bonchev–Trinajstić information content (AvgIpc) is 2.31. The van der Waals surface area contributed by atoms with E-state index in [1.54, 1.807) is 12.1 Å². The van der Waals surface area contributed by atoms with Crippen molar-refractivity contribution < 1.29 is 9.13 Å². The summed E-state index contributed by atoms with van der Waals surface area (Å²) in [6.45, 7) is 0. The third-order valence-corrected chi connectivity index (χ3v) is 2.40. The van der Waals surface area contributed by atoms with Crippen molar-refractivity contribution in [2.24, 2.45) is 0 Å². The summed E-state index contributed by atoms with van der Waals surface area (Å²) in [5, 5.41) is 0.328. The first kappa shape index (κ1) is 11.8. The number of benzene rings is 1. The molecule has 88 valence electrons. The highest BCUT2D eigenvalue weighted by molar-refractivity contribution is 6.29. The van der Waals surface area contributed by atoms with Gasteiger partial charge in [0.2, 0.25) is 5.88 Å². The Kier molecular flexibility index (Phi) is 3.54. The van der Waals surface area contributed by atoms with Crippen molar-refractivity contribution >= 4 is 11.6 Å². The van der Waals surface area contributed by atoms with E-state index in [9.17, 15) is 4.39 Å². The van der Waals surface area contributed by atoms with Gasteiger partial charge in [-0.2, -0.15) is 4.98 Å². The van der Waals surface area contributed by atoms with Crippen LogP contribution in [0.5, 0.6) is 5.88 Å². The molecule has 2 aromatic rings. The topological polar surface area (TPSA) is 35.0 Å². The van der Waals surface area contributed by atoms with Crippen LogP contribution in [0, 0.1) is 5.82 Å². The lowest BCUT2D eigenvalue weighted by Gasteiger charge is -2.04. The van der Waals surface area contributed by atoms with Crippen LogP contribution in [-0.2, 0) is 6.42 Å². The fraction of sp³-hybridized carbons (Fsp3) is 0.167. The number of ether oxygens (including phenoxy) is 1. The SMILES string of the molecule is COc1cc(Cl)nc(Cc2ccc(F)cc2)n1. The third-order valence-electron chi connectivity index (χ3n) is 2.20. The maximum Gasteiger partial charge on any atom is 0.217 e. The minimum Gasteiger partial charge on any atom is -0.481 e. The highest BCUT2D eigenvalue weighted by Gasteiger charge is 2.04. The van der Waals surface area contributed by atoms with E-state index in [4.69, 9.17) is 16.3 Å². The summed E-state index contributed by atoms with van der Waals surface area (Å²) in [6.07, 6.45) is 0.483. The number of methoxy groups -OCH3 is 1. The monoisotopic (exact) mass is 252 g/mol. The molecule has 0 amide bonds. The van der Waals surface area contributed by atoms with Crippen LogP contribution in [0.1, 0.15) is 11.4 Å². The summed E-state index contributed by atoms with van der Waals surface area (Å²) in [7, 11) is 1.51. The van der Waals surface area contributed by atoms with Crippen LogP contribution in [0.2, 0.25) is 5.15 Å². The quantitative estimate of drug-likeness (QED) is 0.788. The molecule has 0 aliphatic heterocycles. The molecule has 0 N–H and O–H groups in total. The molecule has 0 saturated heterocycles. The number of nitrogens with zero attached hydrogens (tertiary/aromatic N) is 2. The van der Waals surface area contributed by atoms with E-state index < -0.39 is 0 Å². The van der Waals surface area contributed by atoms with Gasteiger partial charge in [0.15, 0.2) is 0 Å². The molecule has 0 spiro atoms. The smallest absolute Gasteiger partial charge is 0.217 e. The fourth-order valence-electron chi connectivity index (χ4n) is 1.41. The van der Waals surface area contributed by atoms with Crippen LogP contribution < -0.4 is 4.74 Å².